The van der Waals surface area contributed by atoms with Crippen molar-refractivity contribution < 1.29 is 38.1 Å². The SMILES string of the molecule is CCOC(=O)C(C)O/N=C/c1cccc(Oc2nc(OC)cc(OC)n2)c1C(=O)OC. The molecule has 31 heavy (non-hydrogen) atoms. The molecule has 2 rings (SSSR count). The Bertz CT molecular complexity index is 926. The van der Waals surface area contributed by atoms with Gasteiger partial charge < -0.3 is 28.5 Å². The van der Waals surface area contributed by atoms with E-state index in [0.717, 1.165) is 0 Å². The summed E-state index contributed by atoms with van der Waals surface area (Å²) in [7, 11) is 4.09. The van der Waals surface area contributed by atoms with E-state index in [1.807, 2.05) is 0 Å². The van der Waals surface area contributed by atoms with E-state index in [4.69, 9.17) is 28.5 Å². The van der Waals surface area contributed by atoms with Crippen LogP contribution in [0.5, 0.6) is 23.5 Å². The quantitative estimate of drug-likeness (QED) is 0.313. The first-order valence-electron chi connectivity index (χ1n) is 9.15. The van der Waals surface area contributed by atoms with Gasteiger partial charge in [0.1, 0.15) is 11.3 Å². The van der Waals surface area contributed by atoms with Gasteiger partial charge in [0.2, 0.25) is 17.9 Å². The molecular weight excluding hydrogens is 410 g/mol. The maximum absolute atomic E-state index is 12.4. The smallest absolute Gasteiger partial charge is 0.349 e. The van der Waals surface area contributed by atoms with E-state index < -0.39 is 18.0 Å². The number of ether oxygens (including phenoxy) is 5. The number of carbonyl (C=O) groups is 2. The molecule has 0 fully saturated rings. The molecule has 1 aromatic carbocycles. The Balaban J connectivity index is 2.34. The van der Waals surface area contributed by atoms with Crippen molar-refractivity contribution in [2.24, 2.45) is 5.16 Å². The molecule has 1 aromatic heterocycles. The van der Waals surface area contributed by atoms with Crippen LogP contribution in [0.2, 0.25) is 0 Å². The second-order valence-corrected chi connectivity index (χ2v) is 5.78. The summed E-state index contributed by atoms with van der Waals surface area (Å²) < 4.78 is 25.6. The van der Waals surface area contributed by atoms with Gasteiger partial charge in [-0.25, -0.2) is 9.59 Å². The van der Waals surface area contributed by atoms with E-state index >= 15 is 0 Å². The molecule has 0 spiro atoms. The molecule has 0 saturated heterocycles. The van der Waals surface area contributed by atoms with Crippen LogP contribution in [0.25, 0.3) is 0 Å². The van der Waals surface area contributed by atoms with Crippen molar-refractivity contribution in [1.82, 2.24) is 9.97 Å². The monoisotopic (exact) mass is 433 g/mol. The Morgan fingerprint density at radius 2 is 1.81 bits per heavy atom. The maximum atomic E-state index is 12.4. The van der Waals surface area contributed by atoms with Crippen LogP contribution in [-0.2, 0) is 19.1 Å². The van der Waals surface area contributed by atoms with Gasteiger partial charge in [-0.15, -0.1) is 0 Å². The number of oxime groups is 1. The summed E-state index contributed by atoms with van der Waals surface area (Å²) in [5, 5.41) is 3.76. The van der Waals surface area contributed by atoms with Crippen molar-refractivity contribution >= 4 is 18.2 Å². The van der Waals surface area contributed by atoms with Crippen LogP contribution in [0, 0.1) is 0 Å². The van der Waals surface area contributed by atoms with E-state index in [0.29, 0.717) is 5.56 Å². The fourth-order valence-electron chi connectivity index (χ4n) is 2.28. The molecule has 2 aromatic rings. The van der Waals surface area contributed by atoms with Gasteiger partial charge >= 0.3 is 17.9 Å². The lowest BCUT2D eigenvalue weighted by molar-refractivity contribution is -0.155. The standard InChI is InChI=1S/C20H23N3O8/c1-6-29-18(24)12(2)31-21-11-13-8-7-9-14(17(13)19(25)28-5)30-20-22-15(26-3)10-16(23-20)27-4/h7-12H,6H2,1-5H3/b21-11+. The van der Waals surface area contributed by atoms with Crippen LogP contribution in [0.4, 0.5) is 0 Å². The lowest BCUT2D eigenvalue weighted by Crippen LogP contribution is -2.21. The molecule has 1 atom stereocenters. The Hall–Kier alpha value is -3.89. The number of nitrogens with zero attached hydrogens (tertiary/aromatic N) is 3. The number of hydrogen-bond acceptors (Lipinski definition) is 11. The fraction of sp³-hybridized carbons (Fsp3) is 0.350. The average molecular weight is 433 g/mol. The molecule has 11 nitrogen and oxygen atoms in total. The minimum absolute atomic E-state index is 0.0477. The van der Waals surface area contributed by atoms with Crippen molar-refractivity contribution in [1.29, 1.82) is 0 Å². The largest absolute Gasteiger partial charge is 0.481 e. The van der Waals surface area contributed by atoms with Crippen LogP contribution < -0.4 is 14.2 Å². The summed E-state index contributed by atoms with van der Waals surface area (Å²) in [6, 6.07) is 6.10. The Morgan fingerprint density at radius 3 is 2.39 bits per heavy atom. The zero-order valence-corrected chi connectivity index (χ0v) is 17.8. The van der Waals surface area contributed by atoms with Crippen LogP contribution >= 0.6 is 0 Å². The molecule has 1 unspecified atom stereocenters. The number of hydrogen-bond donors (Lipinski definition) is 0. The average Bonchev–Trinajstić information content (AvgIpc) is 2.78. The predicted molar refractivity (Wildman–Crippen MR) is 108 cm³/mol. The van der Waals surface area contributed by atoms with Gasteiger partial charge in [0.05, 0.1) is 40.2 Å². The molecule has 166 valence electrons. The Kier molecular flexibility index (Phi) is 8.55. The van der Waals surface area contributed by atoms with Gasteiger partial charge in [-0.05, 0) is 19.9 Å². The van der Waals surface area contributed by atoms with E-state index in [9.17, 15) is 9.59 Å². The van der Waals surface area contributed by atoms with Crippen LogP contribution in [0.3, 0.4) is 0 Å². The highest BCUT2D eigenvalue weighted by Gasteiger charge is 2.20. The number of methoxy groups -OCH3 is 3. The number of esters is 2. The van der Waals surface area contributed by atoms with Crippen molar-refractivity contribution in [2.45, 2.75) is 20.0 Å². The first-order valence-corrected chi connectivity index (χ1v) is 9.15. The highest BCUT2D eigenvalue weighted by Crippen LogP contribution is 2.28. The molecule has 0 aliphatic carbocycles. The fourth-order valence-corrected chi connectivity index (χ4v) is 2.28. The second-order valence-electron chi connectivity index (χ2n) is 5.78. The maximum Gasteiger partial charge on any atom is 0.349 e. The zero-order chi connectivity index (χ0) is 22.8. The van der Waals surface area contributed by atoms with Crippen LogP contribution in [0.15, 0.2) is 29.4 Å². The number of aromatic nitrogens is 2. The number of rotatable bonds is 10. The summed E-state index contributed by atoms with van der Waals surface area (Å²) in [5.74, 6) is -0.731. The van der Waals surface area contributed by atoms with Gasteiger partial charge in [0.25, 0.3) is 0 Å². The lowest BCUT2D eigenvalue weighted by atomic mass is 10.1. The molecule has 0 bridgehead atoms. The molecule has 1 heterocycles. The Morgan fingerprint density at radius 1 is 1.13 bits per heavy atom. The van der Waals surface area contributed by atoms with E-state index in [2.05, 4.69) is 15.1 Å². The highest BCUT2D eigenvalue weighted by atomic mass is 16.7. The third-order valence-corrected chi connectivity index (χ3v) is 3.76. The highest BCUT2D eigenvalue weighted by molar-refractivity contribution is 6.01. The molecule has 11 heteroatoms. The molecule has 0 N–H and O–H groups in total. The van der Waals surface area contributed by atoms with Crippen molar-refractivity contribution in [3.63, 3.8) is 0 Å². The topological polar surface area (TPSA) is 128 Å². The summed E-state index contributed by atoms with van der Waals surface area (Å²) in [4.78, 5) is 37.3. The molecule has 0 amide bonds. The summed E-state index contributed by atoms with van der Waals surface area (Å²) in [6.07, 6.45) is 0.330. The summed E-state index contributed by atoms with van der Waals surface area (Å²) in [6.45, 7) is 3.40. The molecule has 0 saturated carbocycles. The van der Waals surface area contributed by atoms with Gasteiger partial charge in [-0.3, -0.25) is 0 Å². The van der Waals surface area contributed by atoms with Crippen molar-refractivity contribution in [3.8, 4) is 23.5 Å². The molecule has 0 aliphatic rings. The third kappa shape index (κ3) is 6.29. The first-order chi connectivity index (χ1) is 14.9. The molecule has 0 aliphatic heterocycles. The number of carbonyl (C=O) groups excluding carboxylic acids is 2. The molecule has 0 radical (unpaired) electrons. The van der Waals surface area contributed by atoms with E-state index in [-0.39, 0.29) is 35.7 Å². The lowest BCUT2D eigenvalue weighted by Gasteiger charge is -2.12. The number of benzene rings is 1. The van der Waals surface area contributed by atoms with E-state index in [1.165, 1.54) is 46.6 Å². The van der Waals surface area contributed by atoms with Crippen molar-refractivity contribution in [2.75, 3.05) is 27.9 Å². The van der Waals surface area contributed by atoms with Crippen LogP contribution in [-0.4, -0.2) is 62.2 Å². The first kappa shape index (κ1) is 23.4. The normalized spacial score (nSPS) is 11.5. The predicted octanol–water partition coefficient (Wildman–Crippen LogP) is 2.37. The minimum Gasteiger partial charge on any atom is -0.481 e. The van der Waals surface area contributed by atoms with Crippen LogP contribution in [0.1, 0.15) is 29.8 Å². The zero-order valence-electron chi connectivity index (χ0n) is 17.8. The third-order valence-electron chi connectivity index (χ3n) is 3.76. The van der Waals surface area contributed by atoms with Gasteiger partial charge in [-0.1, -0.05) is 17.3 Å². The van der Waals surface area contributed by atoms with Gasteiger partial charge in [0, 0.05) is 5.56 Å². The second kappa shape index (κ2) is 11.3. The van der Waals surface area contributed by atoms with E-state index in [1.54, 1.807) is 19.1 Å². The van der Waals surface area contributed by atoms with Crippen molar-refractivity contribution in [3.05, 3.63) is 35.4 Å². The summed E-state index contributed by atoms with van der Waals surface area (Å²) >= 11 is 0. The van der Waals surface area contributed by atoms with Gasteiger partial charge in [0.15, 0.2) is 0 Å². The molecular formula is C20H23N3O8. The van der Waals surface area contributed by atoms with Gasteiger partial charge in [-0.2, -0.15) is 9.97 Å². The summed E-state index contributed by atoms with van der Waals surface area (Å²) in [5.41, 5.74) is 0.363. The minimum atomic E-state index is -0.921. The Labute approximate surface area is 178 Å².